The van der Waals surface area contributed by atoms with Crippen molar-refractivity contribution in [2.75, 3.05) is 43.6 Å². The molecule has 4 atom stereocenters. The number of carbonyl (C=O) groups is 10. The number of likely N-dealkylation sites (N-methyl/N-ethyl adjacent to an activating group) is 1. The molecule has 7 amide bonds. The number of thioether (sulfide) groups is 1. The lowest BCUT2D eigenvalue weighted by Gasteiger charge is -2.50. The number of benzene rings is 5. The Kier molecular flexibility index (Phi) is 19.1. The summed E-state index contributed by atoms with van der Waals surface area (Å²) in [7, 11) is 0. The van der Waals surface area contributed by atoms with E-state index >= 15 is 0 Å². The molecule has 0 saturated carbocycles. The van der Waals surface area contributed by atoms with E-state index < -0.39 is 107 Å². The number of ether oxygens (including phenoxy) is 5. The van der Waals surface area contributed by atoms with Gasteiger partial charge in [-0.1, -0.05) is 133 Å². The molecule has 3 heterocycles. The topological polar surface area (TPSA) is 280 Å². The van der Waals surface area contributed by atoms with Crippen LogP contribution in [0.1, 0.15) is 80.7 Å². The fourth-order valence-electron chi connectivity index (χ4n) is 9.17. The molecule has 0 spiro atoms. The van der Waals surface area contributed by atoms with Crippen molar-refractivity contribution in [1.82, 2.24) is 25.3 Å². The summed E-state index contributed by atoms with van der Waals surface area (Å²) >= 11 is 1.16. The van der Waals surface area contributed by atoms with Crippen molar-refractivity contribution in [2.24, 2.45) is 11.8 Å². The van der Waals surface area contributed by atoms with Crippen molar-refractivity contribution < 1.29 is 71.6 Å². The van der Waals surface area contributed by atoms with Gasteiger partial charge < -0.3 is 39.2 Å². The average molecular weight is 1150 g/mol. The zero-order chi connectivity index (χ0) is 59.5. The van der Waals surface area contributed by atoms with Gasteiger partial charge in [-0.25, -0.2) is 25.2 Å². The van der Waals surface area contributed by atoms with Crippen molar-refractivity contribution in [3.05, 3.63) is 185 Å². The molecule has 432 valence electrons. The van der Waals surface area contributed by atoms with Crippen LogP contribution in [0.5, 0.6) is 0 Å². The average Bonchev–Trinajstić information content (AvgIpc) is 1.71. The number of piperazine rings is 1. The fourth-order valence-corrected chi connectivity index (χ4v) is 10.5. The number of esters is 4. The number of nitrogens with zero attached hydrogens (tertiary/aromatic N) is 4. The summed E-state index contributed by atoms with van der Waals surface area (Å²) < 4.78 is 28.4. The minimum atomic E-state index is -1.77. The fraction of sp³-hybridized carbons (Fsp3) is 0.300. The molecule has 23 heteroatoms. The van der Waals surface area contributed by atoms with Gasteiger partial charge in [0, 0.05) is 37.9 Å². The maximum Gasteiger partial charge on any atom is 0.428 e. The largest absolute Gasteiger partial charge is 0.461 e. The van der Waals surface area contributed by atoms with Crippen molar-refractivity contribution in [1.29, 1.82) is 0 Å². The number of hydrogen-bond donors (Lipinski definition) is 3. The molecule has 2 saturated heterocycles. The van der Waals surface area contributed by atoms with Gasteiger partial charge in [-0.3, -0.25) is 43.4 Å². The maximum atomic E-state index is 14.6. The SMILES string of the molecule is CCN1CCN(C(=O)N[C@H](C(=O)N[C@@H]2C(=O)N3C(C(=O)OC(c4ccccc4)c4ccccc4)=C(COC(C)=O)CS[C@H]23)c2ccc(N(N)C(=O)OC[C@H](C(=O)OC(c3ccccc3)c3ccccc3)C(=O)OC(C)(C)C)cc2)C(=O)C1=O. The van der Waals surface area contributed by atoms with Crippen LogP contribution in [-0.4, -0.2) is 130 Å². The van der Waals surface area contributed by atoms with Crippen LogP contribution < -0.4 is 21.5 Å². The Morgan fingerprint density at radius 1 is 0.687 bits per heavy atom. The van der Waals surface area contributed by atoms with Crippen molar-refractivity contribution in [2.45, 2.75) is 69.9 Å². The molecular weight excluding hydrogens is 1090 g/mol. The lowest BCUT2D eigenvalue weighted by molar-refractivity contribution is -0.172. The first kappa shape index (κ1) is 59.8. The number of β-lactam (4-membered cyclic amide) rings is 1. The van der Waals surface area contributed by atoms with Crippen LogP contribution in [0.25, 0.3) is 0 Å². The third-order valence-corrected chi connectivity index (χ3v) is 14.7. The molecule has 22 nitrogen and oxygen atoms in total. The Hall–Kier alpha value is -9.35. The molecule has 0 aromatic heterocycles. The summed E-state index contributed by atoms with van der Waals surface area (Å²) in [6, 6.07) is 36.5. The highest BCUT2D eigenvalue weighted by molar-refractivity contribution is 8.00. The number of nitrogens with two attached hydrogens (primary N) is 1. The molecule has 0 bridgehead atoms. The lowest BCUT2D eigenvalue weighted by atomic mass is 10.00. The number of rotatable bonds is 19. The Morgan fingerprint density at radius 2 is 1.22 bits per heavy atom. The molecule has 0 unspecified atom stereocenters. The van der Waals surface area contributed by atoms with E-state index in [1.165, 1.54) is 36.1 Å². The predicted octanol–water partition coefficient (Wildman–Crippen LogP) is 5.79. The van der Waals surface area contributed by atoms with Crippen LogP contribution in [0.4, 0.5) is 15.3 Å². The van der Waals surface area contributed by atoms with Gasteiger partial charge in [-0.05, 0) is 67.6 Å². The van der Waals surface area contributed by atoms with E-state index in [2.05, 4.69) is 10.6 Å². The summed E-state index contributed by atoms with van der Waals surface area (Å²) in [6.45, 7) is 6.46. The van der Waals surface area contributed by atoms with Gasteiger partial charge in [-0.2, -0.15) is 0 Å². The van der Waals surface area contributed by atoms with Crippen LogP contribution in [0.3, 0.4) is 0 Å². The predicted molar refractivity (Wildman–Crippen MR) is 299 cm³/mol. The Labute approximate surface area is 482 Å². The quantitative estimate of drug-likeness (QED) is 0.0129. The van der Waals surface area contributed by atoms with Gasteiger partial charge in [-0.15, -0.1) is 11.8 Å². The van der Waals surface area contributed by atoms with Gasteiger partial charge >= 0.3 is 47.8 Å². The van der Waals surface area contributed by atoms with E-state index in [1.807, 2.05) is 0 Å². The molecular formula is C60H61N7O15S. The molecule has 3 aliphatic rings. The number of urea groups is 1. The van der Waals surface area contributed by atoms with E-state index in [9.17, 15) is 47.9 Å². The highest BCUT2D eigenvalue weighted by Gasteiger charge is 2.55. The molecule has 0 radical (unpaired) electrons. The third kappa shape index (κ3) is 14.2. The zero-order valence-electron chi connectivity index (χ0n) is 46.0. The Balaban J connectivity index is 1.01. The van der Waals surface area contributed by atoms with Gasteiger partial charge in [0.1, 0.15) is 42.0 Å². The second kappa shape index (κ2) is 26.5. The number of amides is 7. The first-order valence-corrected chi connectivity index (χ1v) is 27.5. The number of anilines is 1. The summed E-state index contributed by atoms with van der Waals surface area (Å²) in [6.07, 6.45) is -3.11. The molecule has 5 aromatic rings. The highest BCUT2D eigenvalue weighted by Crippen LogP contribution is 2.42. The molecule has 2 fully saturated rings. The summed E-state index contributed by atoms with van der Waals surface area (Å²) in [4.78, 5) is 140. The lowest BCUT2D eigenvalue weighted by Crippen LogP contribution is -2.71. The Bertz CT molecular complexity index is 3190. The standard InChI is InChI=1S/C60H61N7O15S/c1-6-64-31-32-65(53(72)52(64)71)58(76)63-45(50(69)62-46-51(70)66-47(42(33-78-36(2)68)35-83-54(46)66)57(75)81-49(40-23-15-9-16-24-40)41-25-17-10-18-26-41)37-27-29-43(30-28-37)67(61)59(77)79-34-44(56(74)82-60(3,4)5)55(73)80-48(38-19-11-7-12-20-38)39-21-13-8-14-22-39/h7-30,44-46,48-49,54H,6,31-35,61H2,1-5H3,(H,62,69)(H,63,76)/t44-,45+,46-,54-/m1/s1. The van der Waals surface area contributed by atoms with Gasteiger partial charge in [0.05, 0.1) is 5.69 Å². The van der Waals surface area contributed by atoms with Gasteiger partial charge in [0.15, 0.2) is 18.1 Å². The molecule has 3 aliphatic heterocycles. The first-order chi connectivity index (χ1) is 39.7. The minimum absolute atomic E-state index is 0.0184. The van der Waals surface area contributed by atoms with Crippen molar-refractivity contribution in [3.8, 4) is 0 Å². The normalized spacial score (nSPS) is 16.7. The molecule has 5 aromatic carbocycles. The molecule has 0 aliphatic carbocycles. The van der Waals surface area contributed by atoms with Crippen LogP contribution in [0.15, 0.2) is 157 Å². The van der Waals surface area contributed by atoms with Gasteiger partial charge in [0.25, 0.3) is 5.91 Å². The molecule has 83 heavy (non-hydrogen) atoms. The van der Waals surface area contributed by atoms with E-state index in [0.29, 0.717) is 32.2 Å². The van der Waals surface area contributed by atoms with Crippen LogP contribution in [-0.2, 0) is 62.0 Å². The third-order valence-electron chi connectivity index (χ3n) is 13.4. The van der Waals surface area contributed by atoms with E-state index in [4.69, 9.17) is 29.5 Å². The second-order valence-corrected chi connectivity index (χ2v) is 21.3. The number of hydrazine groups is 1. The van der Waals surface area contributed by atoms with Crippen LogP contribution >= 0.6 is 11.8 Å². The number of fused-ring (bicyclic) bond motifs is 1. The number of carbonyl (C=O) groups excluding carboxylic acids is 10. The van der Waals surface area contributed by atoms with E-state index in [1.54, 1.807) is 149 Å². The first-order valence-electron chi connectivity index (χ1n) is 26.4. The summed E-state index contributed by atoms with van der Waals surface area (Å²) in [5, 5.41) is 4.84. The second-order valence-electron chi connectivity index (χ2n) is 20.2. The maximum absolute atomic E-state index is 14.6. The Morgan fingerprint density at radius 3 is 1.72 bits per heavy atom. The summed E-state index contributed by atoms with van der Waals surface area (Å²) in [5.74, 6) is -2.88. The van der Waals surface area contributed by atoms with Crippen molar-refractivity contribution >= 4 is 77.1 Å². The number of imide groups is 1. The zero-order valence-corrected chi connectivity index (χ0v) is 46.8. The van der Waals surface area contributed by atoms with E-state index in [-0.39, 0.29) is 54.5 Å². The smallest absolute Gasteiger partial charge is 0.428 e. The van der Waals surface area contributed by atoms with Crippen LogP contribution in [0.2, 0.25) is 0 Å². The minimum Gasteiger partial charge on any atom is -0.461 e. The summed E-state index contributed by atoms with van der Waals surface area (Å²) in [5.41, 5.74) is 1.49. The highest BCUT2D eigenvalue weighted by atomic mass is 32.2. The van der Waals surface area contributed by atoms with Crippen LogP contribution in [0, 0.1) is 5.92 Å². The van der Waals surface area contributed by atoms with Gasteiger partial charge in [0.2, 0.25) is 5.91 Å². The van der Waals surface area contributed by atoms with Crippen molar-refractivity contribution in [3.63, 3.8) is 0 Å². The number of hydrogen-bond acceptors (Lipinski definition) is 17. The molecule has 8 rings (SSSR count). The monoisotopic (exact) mass is 1150 g/mol. The molecule has 4 N–H and O–H groups in total. The van der Waals surface area contributed by atoms with E-state index in [0.717, 1.165) is 16.7 Å². The number of nitrogens with one attached hydrogen (secondary N) is 2.